The first-order chi connectivity index (χ1) is 18.7. The number of hydrogen-bond acceptors (Lipinski definition) is 8. The number of benzene rings is 1. The lowest BCUT2D eigenvalue weighted by Crippen LogP contribution is -2.57. The minimum Gasteiger partial charge on any atom is -0.492 e. The standard InChI is InChI=1S/C28H36ClN3O6S/c1-15-10-22(39-5)20(27(34)31-15)12-30-26(33)19-11-21(29)24-25(23(19)36-4)38-28(2,37-24)16-6-8-17(9-7-16)32-13-18(14-32)35-3/h10-11,16-18H,6-9,12-14H2,1-5H3,(H,30,33)(H,31,34). The SMILES string of the molecule is COc1c(C(=O)NCc2c(SC)cc(C)[nH]c2=O)cc(Cl)c2c1OC(C)(C1CCC(N3CC(OC)C3)CC1)O2. The highest BCUT2D eigenvalue weighted by atomic mass is 35.5. The van der Waals surface area contributed by atoms with E-state index in [9.17, 15) is 9.59 Å². The highest BCUT2D eigenvalue weighted by Crippen LogP contribution is 2.54. The molecule has 3 heterocycles. The number of nitrogens with zero attached hydrogens (tertiary/aromatic N) is 1. The molecule has 0 spiro atoms. The van der Waals surface area contributed by atoms with Gasteiger partial charge in [0.1, 0.15) is 0 Å². The minimum absolute atomic E-state index is 0.0585. The molecule has 2 aromatic rings. The number of ether oxygens (including phenoxy) is 4. The van der Waals surface area contributed by atoms with Crippen LogP contribution in [0.5, 0.6) is 17.2 Å². The van der Waals surface area contributed by atoms with Crippen molar-refractivity contribution in [3.8, 4) is 17.2 Å². The number of amides is 1. The maximum Gasteiger partial charge on any atom is 0.255 e. The molecule has 0 radical (unpaired) electrons. The Hall–Kier alpha value is -2.40. The molecule has 0 bridgehead atoms. The summed E-state index contributed by atoms with van der Waals surface area (Å²) >= 11 is 8.08. The van der Waals surface area contributed by atoms with E-state index in [1.165, 1.54) is 24.9 Å². The molecule has 1 aromatic carbocycles. The molecule has 3 aliphatic rings. The number of carbonyl (C=O) groups is 1. The number of likely N-dealkylation sites (tertiary alicyclic amines) is 1. The fourth-order valence-electron chi connectivity index (χ4n) is 5.93. The number of H-pyrrole nitrogens is 1. The van der Waals surface area contributed by atoms with E-state index < -0.39 is 11.7 Å². The molecule has 1 saturated carbocycles. The number of aryl methyl sites for hydroxylation is 1. The van der Waals surface area contributed by atoms with Gasteiger partial charge in [0, 0.05) is 61.8 Å². The van der Waals surface area contributed by atoms with Crippen LogP contribution in [-0.2, 0) is 11.3 Å². The van der Waals surface area contributed by atoms with Gasteiger partial charge in [-0.1, -0.05) is 11.6 Å². The summed E-state index contributed by atoms with van der Waals surface area (Å²) in [4.78, 5) is 31.9. The molecule has 1 aliphatic carbocycles. The van der Waals surface area contributed by atoms with Crippen LogP contribution in [-0.4, -0.2) is 67.3 Å². The molecule has 39 heavy (non-hydrogen) atoms. The van der Waals surface area contributed by atoms with Gasteiger partial charge in [0.2, 0.25) is 5.75 Å². The van der Waals surface area contributed by atoms with Crippen LogP contribution in [0.25, 0.3) is 0 Å². The second-order valence-electron chi connectivity index (χ2n) is 10.6. The van der Waals surface area contributed by atoms with Crippen LogP contribution < -0.4 is 25.1 Å². The summed E-state index contributed by atoms with van der Waals surface area (Å²) < 4.78 is 23.9. The maximum atomic E-state index is 13.3. The highest BCUT2D eigenvalue weighted by molar-refractivity contribution is 7.98. The smallest absolute Gasteiger partial charge is 0.255 e. The van der Waals surface area contributed by atoms with E-state index in [-0.39, 0.29) is 34.4 Å². The molecule has 2 aliphatic heterocycles. The van der Waals surface area contributed by atoms with Gasteiger partial charge < -0.3 is 29.2 Å². The molecule has 2 fully saturated rings. The van der Waals surface area contributed by atoms with E-state index in [1.807, 2.05) is 26.2 Å². The Morgan fingerprint density at radius 3 is 2.54 bits per heavy atom. The monoisotopic (exact) mass is 577 g/mol. The average Bonchev–Trinajstić information content (AvgIpc) is 3.26. The van der Waals surface area contributed by atoms with E-state index >= 15 is 0 Å². The van der Waals surface area contributed by atoms with Crippen molar-refractivity contribution in [3.63, 3.8) is 0 Å². The number of hydrogen-bond donors (Lipinski definition) is 2. The lowest BCUT2D eigenvalue weighted by molar-refractivity contribution is -0.130. The molecular weight excluding hydrogens is 542 g/mol. The van der Waals surface area contributed by atoms with Gasteiger partial charge in [0.05, 0.1) is 23.8 Å². The second kappa shape index (κ2) is 11.2. The molecule has 9 nitrogen and oxygen atoms in total. The van der Waals surface area contributed by atoms with Gasteiger partial charge in [-0.3, -0.25) is 14.5 Å². The summed E-state index contributed by atoms with van der Waals surface area (Å²) in [5.74, 6) is -0.185. The van der Waals surface area contributed by atoms with Crippen molar-refractivity contribution in [2.45, 2.75) is 68.9 Å². The van der Waals surface area contributed by atoms with E-state index in [0.717, 1.165) is 49.4 Å². The summed E-state index contributed by atoms with van der Waals surface area (Å²) in [6.07, 6.45) is 6.29. The van der Waals surface area contributed by atoms with E-state index in [2.05, 4.69) is 15.2 Å². The summed E-state index contributed by atoms with van der Waals surface area (Å²) in [5, 5.41) is 3.12. The number of fused-ring (bicyclic) bond motifs is 1. The van der Waals surface area contributed by atoms with Gasteiger partial charge in [0.25, 0.3) is 17.3 Å². The van der Waals surface area contributed by atoms with E-state index in [1.54, 1.807) is 7.11 Å². The van der Waals surface area contributed by atoms with Crippen molar-refractivity contribution in [2.24, 2.45) is 5.92 Å². The highest BCUT2D eigenvalue weighted by Gasteiger charge is 2.49. The number of methoxy groups -OCH3 is 2. The largest absolute Gasteiger partial charge is 0.492 e. The fourth-order valence-corrected chi connectivity index (χ4v) is 6.86. The molecule has 1 saturated heterocycles. The predicted octanol–water partition coefficient (Wildman–Crippen LogP) is 4.37. The number of aromatic nitrogens is 1. The minimum atomic E-state index is -0.911. The molecule has 11 heteroatoms. The zero-order valence-electron chi connectivity index (χ0n) is 23.0. The van der Waals surface area contributed by atoms with Gasteiger partial charge in [-0.05, 0) is 51.0 Å². The second-order valence-corrected chi connectivity index (χ2v) is 11.9. The van der Waals surface area contributed by atoms with Crippen LogP contribution >= 0.6 is 23.4 Å². The zero-order valence-corrected chi connectivity index (χ0v) is 24.6. The maximum absolute atomic E-state index is 13.3. The Labute approximate surface area is 237 Å². The van der Waals surface area contributed by atoms with Crippen molar-refractivity contribution in [1.29, 1.82) is 0 Å². The summed E-state index contributed by atoms with van der Waals surface area (Å²) in [6.45, 7) is 5.81. The zero-order chi connectivity index (χ0) is 27.9. The van der Waals surface area contributed by atoms with Crippen molar-refractivity contribution in [3.05, 3.63) is 44.3 Å². The third-order valence-electron chi connectivity index (χ3n) is 8.24. The Morgan fingerprint density at radius 1 is 1.21 bits per heavy atom. The molecule has 5 rings (SSSR count). The van der Waals surface area contributed by atoms with Crippen LogP contribution in [0.1, 0.15) is 54.2 Å². The van der Waals surface area contributed by atoms with E-state index in [0.29, 0.717) is 29.2 Å². The summed E-state index contributed by atoms with van der Waals surface area (Å²) in [6, 6.07) is 3.98. The number of aromatic amines is 1. The number of nitrogens with one attached hydrogen (secondary N) is 2. The first-order valence-electron chi connectivity index (χ1n) is 13.3. The number of carbonyl (C=O) groups excluding carboxylic acids is 1. The van der Waals surface area contributed by atoms with Crippen LogP contribution in [0.2, 0.25) is 5.02 Å². The van der Waals surface area contributed by atoms with E-state index in [4.69, 9.17) is 30.5 Å². The molecule has 1 aromatic heterocycles. The van der Waals surface area contributed by atoms with Gasteiger partial charge in [-0.2, -0.15) is 0 Å². The van der Waals surface area contributed by atoms with Crippen LogP contribution in [0.4, 0.5) is 0 Å². The van der Waals surface area contributed by atoms with Crippen molar-refractivity contribution >= 4 is 29.3 Å². The Kier molecular flexibility index (Phi) is 8.10. The van der Waals surface area contributed by atoms with Gasteiger partial charge in [0.15, 0.2) is 11.5 Å². The van der Waals surface area contributed by atoms with Crippen molar-refractivity contribution < 1.29 is 23.7 Å². The number of halogens is 1. The number of thioether (sulfide) groups is 1. The van der Waals surface area contributed by atoms with Gasteiger partial charge in [-0.15, -0.1) is 11.8 Å². The number of pyridine rings is 1. The first kappa shape index (κ1) is 28.1. The molecule has 1 unspecified atom stereocenters. The lowest BCUT2D eigenvalue weighted by Gasteiger charge is -2.47. The lowest BCUT2D eigenvalue weighted by atomic mass is 9.80. The third kappa shape index (κ3) is 5.36. The van der Waals surface area contributed by atoms with Crippen LogP contribution in [0.15, 0.2) is 21.8 Å². The Morgan fingerprint density at radius 2 is 1.90 bits per heavy atom. The topological polar surface area (TPSA) is 102 Å². The van der Waals surface area contributed by atoms with Gasteiger partial charge in [-0.25, -0.2) is 0 Å². The van der Waals surface area contributed by atoms with Gasteiger partial charge >= 0.3 is 0 Å². The van der Waals surface area contributed by atoms with Crippen molar-refractivity contribution in [2.75, 3.05) is 33.6 Å². The van der Waals surface area contributed by atoms with Crippen LogP contribution in [0, 0.1) is 12.8 Å². The average molecular weight is 578 g/mol. The molecule has 1 atom stereocenters. The Bertz CT molecular complexity index is 1310. The summed E-state index contributed by atoms with van der Waals surface area (Å²) in [5.41, 5.74) is 1.25. The third-order valence-corrected chi connectivity index (χ3v) is 9.33. The quantitative estimate of drug-likeness (QED) is 0.446. The van der Waals surface area contributed by atoms with Crippen molar-refractivity contribution in [1.82, 2.24) is 15.2 Å². The molecule has 212 valence electrons. The molecule has 2 N–H and O–H groups in total. The molecular formula is C28H36ClN3O6S. The predicted molar refractivity (Wildman–Crippen MR) is 151 cm³/mol. The first-order valence-corrected chi connectivity index (χ1v) is 14.9. The normalized spacial score (nSPS) is 24.9. The Balaban J connectivity index is 1.30. The number of rotatable bonds is 8. The fraction of sp³-hybridized carbons (Fsp3) is 0.571. The molecule has 1 amide bonds. The van der Waals surface area contributed by atoms with Crippen LogP contribution in [0.3, 0.4) is 0 Å². The summed E-state index contributed by atoms with van der Waals surface area (Å²) in [7, 11) is 3.26.